The van der Waals surface area contributed by atoms with Gasteiger partial charge in [0.2, 0.25) is 0 Å². The van der Waals surface area contributed by atoms with Crippen molar-refractivity contribution in [1.29, 1.82) is 0 Å². The van der Waals surface area contributed by atoms with Crippen molar-refractivity contribution < 1.29 is 25.2 Å². The quantitative estimate of drug-likeness (QED) is 0.288. The molecule has 1 fully saturated rings. The van der Waals surface area contributed by atoms with Crippen LogP contribution in [0.2, 0.25) is 0 Å². The lowest BCUT2D eigenvalue weighted by Gasteiger charge is -2.38. The molecule has 6 N–H and O–H groups in total. The van der Waals surface area contributed by atoms with Gasteiger partial charge in [-0.1, -0.05) is 0 Å². The highest BCUT2D eigenvalue weighted by Gasteiger charge is 2.41. The van der Waals surface area contributed by atoms with Gasteiger partial charge in [-0.3, -0.25) is 0 Å². The summed E-state index contributed by atoms with van der Waals surface area (Å²) >= 11 is 0. The van der Waals surface area contributed by atoms with Crippen LogP contribution in [-0.4, -0.2) is 57.7 Å². The minimum Gasteiger partial charge on any atom is -0.394 e. The molecular weight excluding hydrogens is 166 g/mol. The van der Waals surface area contributed by atoms with Crippen molar-refractivity contribution in [2.75, 3.05) is 6.61 Å². The maximum atomic E-state index is 9.20. The van der Waals surface area contributed by atoms with Gasteiger partial charge in [0, 0.05) is 0 Å². The normalized spacial score (nSPS) is 49.2. The van der Waals surface area contributed by atoms with Crippen LogP contribution in [0.5, 0.6) is 0 Å². The molecule has 0 saturated carbocycles. The summed E-state index contributed by atoms with van der Waals surface area (Å²) in [4.78, 5) is 0. The number of hydrogen-bond acceptors (Lipinski definition) is 6. The van der Waals surface area contributed by atoms with E-state index in [4.69, 9.17) is 20.7 Å². The molecule has 5 atom stereocenters. The highest BCUT2D eigenvalue weighted by atomic mass is 16.6. The van der Waals surface area contributed by atoms with E-state index in [1.165, 1.54) is 0 Å². The van der Waals surface area contributed by atoms with Crippen LogP contribution in [0.3, 0.4) is 0 Å². The van der Waals surface area contributed by atoms with Gasteiger partial charge in [-0.25, -0.2) is 0 Å². The van der Waals surface area contributed by atoms with E-state index in [1.807, 2.05) is 0 Å². The van der Waals surface area contributed by atoms with Gasteiger partial charge >= 0.3 is 0 Å². The van der Waals surface area contributed by atoms with E-state index in [0.717, 1.165) is 0 Å². The van der Waals surface area contributed by atoms with E-state index in [0.29, 0.717) is 0 Å². The number of nitrogens with two attached hydrogens (primary N) is 1. The molecule has 12 heavy (non-hydrogen) atoms. The average molecular weight is 179 g/mol. The highest BCUT2D eigenvalue weighted by Crippen LogP contribution is 2.17. The Balaban J connectivity index is 2.63. The number of hydrogen-bond donors (Lipinski definition) is 5. The molecule has 0 aromatic carbocycles. The van der Waals surface area contributed by atoms with E-state index in [2.05, 4.69) is 0 Å². The van der Waals surface area contributed by atoms with E-state index >= 15 is 0 Å². The molecule has 1 aliphatic heterocycles. The molecule has 0 aromatic heterocycles. The number of aliphatic hydroxyl groups excluding tert-OH is 4. The third-order valence-corrected chi connectivity index (χ3v) is 1.95. The van der Waals surface area contributed by atoms with E-state index in [-0.39, 0.29) is 0 Å². The molecule has 0 amide bonds. The Morgan fingerprint density at radius 2 is 1.75 bits per heavy atom. The smallest absolute Gasteiger partial charge is 0.173 e. The Bertz CT molecular complexity index is 150. The molecule has 0 unspecified atom stereocenters. The summed E-state index contributed by atoms with van der Waals surface area (Å²) in [6, 6.07) is -1.04. The van der Waals surface area contributed by atoms with Crippen molar-refractivity contribution >= 4 is 0 Å². The molecule has 6 heteroatoms. The maximum Gasteiger partial charge on any atom is 0.173 e. The Morgan fingerprint density at radius 1 is 1.17 bits per heavy atom. The summed E-state index contributed by atoms with van der Waals surface area (Å²) in [5, 5.41) is 36.1. The van der Waals surface area contributed by atoms with Gasteiger partial charge in [0.05, 0.1) is 12.6 Å². The fourth-order valence-electron chi connectivity index (χ4n) is 1.12. The zero-order valence-electron chi connectivity index (χ0n) is 6.37. The minimum absolute atomic E-state index is 0.470. The molecule has 0 radical (unpaired) electrons. The molecule has 1 aliphatic rings. The van der Waals surface area contributed by atoms with Gasteiger partial charge < -0.3 is 30.9 Å². The van der Waals surface area contributed by atoms with Crippen LogP contribution in [0.25, 0.3) is 0 Å². The van der Waals surface area contributed by atoms with Gasteiger partial charge in [-0.05, 0) is 0 Å². The van der Waals surface area contributed by atoms with Crippen molar-refractivity contribution in [2.45, 2.75) is 30.6 Å². The van der Waals surface area contributed by atoms with Gasteiger partial charge in [0.1, 0.15) is 18.3 Å². The Morgan fingerprint density at radius 3 is 2.25 bits per heavy atom. The first-order valence-corrected chi connectivity index (χ1v) is 3.64. The fourth-order valence-corrected chi connectivity index (χ4v) is 1.12. The van der Waals surface area contributed by atoms with Crippen molar-refractivity contribution in [2.24, 2.45) is 5.73 Å². The number of ether oxygens (including phenoxy) is 1. The Labute approximate surface area is 69.2 Å². The first-order chi connectivity index (χ1) is 5.57. The summed E-state index contributed by atoms with van der Waals surface area (Å²) in [6.45, 7) is -0.470. The predicted octanol–water partition coefficient (Wildman–Crippen LogP) is -3.26. The van der Waals surface area contributed by atoms with Crippen molar-refractivity contribution in [3.8, 4) is 0 Å². The zero-order chi connectivity index (χ0) is 9.30. The maximum absolute atomic E-state index is 9.20. The summed E-state index contributed by atoms with van der Waals surface area (Å²) < 4.78 is 4.70. The summed E-state index contributed by atoms with van der Waals surface area (Å²) in [7, 11) is 0. The van der Waals surface area contributed by atoms with Gasteiger partial charge in [-0.2, -0.15) is 0 Å². The first-order valence-electron chi connectivity index (χ1n) is 3.64. The van der Waals surface area contributed by atoms with E-state index < -0.39 is 37.3 Å². The second-order valence-corrected chi connectivity index (χ2v) is 2.81. The predicted molar refractivity (Wildman–Crippen MR) is 38.0 cm³/mol. The third-order valence-electron chi connectivity index (χ3n) is 1.95. The molecule has 72 valence electrons. The van der Waals surface area contributed by atoms with E-state index in [9.17, 15) is 10.2 Å². The van der Waals surface area contributed by atoms with Crippen LogP contribution < -0.4 is 5.73 Å². The molecule has 1 rings (SSSR count). The zero-order valence-corrected chi connectivity index (χ0v) is 6.37. The first kappa shape index (κ1) is 9.85. The molecular formula is C6H13NO5. The largest absolute Gasteiger partial charge is 0.394 e. The molecule has 1 heterocycles. The van der Waals surface area contributed by atoms with Crippen molar-refractivity contribution in [3.05, 3.63) is 0 Å². The SMILES string of the molecule is N[C@H]1[C@@H](O)[C@@H](O)[C@@H](CO)O[C@@H]1O. The lowest BCUT2D eigenvalue weighted by Crippen LogP contribution is -2.61. The molecule has 0 aliphatic carbocycles. The minimum atomic E-state index is -1.35. The summed E-state index contributed by atoms with van der Waals surface area (Å²) in [5.74, 6) is 0. The lowest BCUT2D eigenvalue weighted by molar-refractivity contribution is -0.248. The fraction of sp³-hybridized carbons (Fsp3) is 1.00. The van der Waals surface area contributed by atoms with Gasteiger partial charge in [0.25, 0.3) is 0 Å². The highest BCUT2D eigenvalue weighted by molar-refractivity contribution is 4.90. The van der Waals surface area contributed by atoms with Crippen LogP contribution in [0, 0.1) is 0 Å². The Hall–Kier alpha value is -0.240. The number of rotatable bonds is 1. The van der Waals surface area contributed by atoms with Crippen LogP contribution in [0.1, 0.15) is 0 Å². The molecule has 6 nitrogen and oxygen atoms in total. The second-order valence-electron chi connectivity index (χ2n) is 2.81. The van der Waals surface area contributed by atoms with Crippen LogP contribution in [0.15, 0.2) is 0 Å². The van der Waals surface area contributed by atoms with Crippen LogP contribution in [0.4, 0.5) is 0 Å². The second kappa shape index (κ2) is 3.65. The van der Waals surface area contributed by atoms with Crippen molar-refractivity contribution in [3.63, 3.8) is 0 Å². The van der Waals surface area contributed by atoms with E-state index in [1.54, 1.807) is 0 Å². The van der Waals surface area contributed by atoms with Crippen molar-refractivity contribution in [1.82, 2.24) is 0 Å². The number of aliphatic hydroxyl groups is 4. The molecule has 0 bridgehead atoms. The summed E-state index contributed by atoms with van der Waals surface area (Å²) in [5.41, 5.74) is 5.26. The van der Waals surface area contributed by atoms with Crippen LogP contribution >= 0.6 is 0 Å². The standard InChI is InChI=1S/C6H13NO5/c7-3-5(10)4(9)2(1-8)12-6(3)11/h2-6,8-11H,1,7H2/t2-,3+,4+,5-,6+/m1/s1. The Kier molecular flexibility index (Phi) is 2.99. The third kappa shape index (κ3) is 1.58. The lowest BCUT2D eigenvalue weighted by atomic mass is 9.98. The topological polar surface area (TPSA) is 116 Å². The molecule has 0 aromatic rings. The monoisotopic (exact) mass is 179 g/mol. The average Bonchev–Trinajstić information content (AvgIpc) is 2.08. The van der Waals surface area contributed by atoms with Gasteiger partial charge in [-0.15, -0.1) is 0 Å². The molecule has 0 spiro atoms. The van der Waals surface area contributed by atoms with Gasteiger partial charge in [0.15, 0.2) is 6.29 Å². The van der Waals surface area contributed by atoms with Crippen LogP contribution in [-0.2, 0) is 4.74 Å². The molecule has 1 saturated heterocycles. The summed E-state index contributed by atoms with van der Waals surface area (Å²) in [6.07, 6.45) is -4.85.